The van der Waals surface area contributed by atoms with Crippen molar-refractivity contribution in [2.75, 3.05) is 10.6 Å². The van der Waals surface area contributed by atoms with Crippen LogP contribution in [0, 0.1) is 13.8 Å². The Morgan fingerprint density at radius 3 is 2.04 bits per heavy atom. The third-order valence-electron chi connectivity index (χ3n) is 6.65. The van der Waals surface area contributed by atoms with Gasteiger partial charge >= 0.3 is 7.60 Å². The fourth-order valence-electron chi connectivity index (χ4n) is 4.49. The number of halogens is 1. The molecule has 1 aromatic heterocycles. The van der Waals surface area contributed by atoms with E-state index in [2.05, 4.69) is 35.8 Å². The monoisotopic (exact) mass is 814 g/mol. The average molecular weight is 816 g/mol. The van der Waals surface area contributed by atoms with E-state index in [0.29, 0.717) is 0 Å². The number of aromatic nitrogens is 3. The molecule has 23 heteroatoms. The van der Waals surface area contributed by atoms with Gasteiger partial charge < -0.3 is 30.6 Å². The van der Waals surface area contributed by atoms with Crippen LogP contribution in [-0.2, 0) is 41.9 Å². The molecule has 0 amide bonds. The molecule has 0 fully saturated rings. The molecule has 267 valence electrons. The molecule has 1 heterocycles. The Hall–Kier alpha value is -4.27. The molecule has 8 N–H and O–H groups in total. The van der Waals surface area contributed by atoms with Crippen LogP contribution in [-0.4, -0.2) is 60.9 Å². The zero-order chi connectivity index (χ0) is 36.1. The van der Waals surface area contributed by atoms with Gasteiger partial charge in [-0.15, -0.1) is 10.2 Å². The molecule has 0 atom stereocenters. The van der Waals surface area contributed by atoms with E-state index in [1.54, 1.807) is 0 Å². The van der Waals surface area contributed by atoms with Crippen molar-refractivity contribution in [2.45, 2.75) is 23.6 Å². The van der Waals surface area contributed by atoms with Gasteiger partial charge in [-0.2, -0.15) is 31.8 Å². The summed E-state index contributed by atoms with van der Waals surface area (Å²) >= 11 is 5.88. The quantitative estimate of drug-likeness (QED) is 0.0425. The first kappa shape index (κ1) is 38.5. The Kier molecular flexibility index (Phi) is 10.9. The van der Waals surface area contributed by atoms with E-state index in [0.717, 1.165) is 24.3 Å². The molecule has 50 heavy (non-hydrogen) atoms. The number of azo groups is 1. The van der Waals surface area contributed by atoms with Crippen LogP contribution < -0.4 is 15.9 Å². The van der Waals surface area contributed by atoms with Gasteiger partial charge in [-0.25, -0.2) is 0 Å². The molecule has 0 saturated carbocycles. The molecule has 5 aromatic rings. The van der Waals surface area contributed by atoms with Gasteiger partial charge in [-0.05, 0) is 73.3 Å². The number of fused-ring (bicyclic) bond motifs is 1. The van der Waals surface area contributed by atoms with Gasteiger partial charge in [0.2, 0.25) is 11.9 Å². The molecular weight excluding hydrogens is 792 g/mol. The molecule has 0 aliphatic rings. The Morgan fingerprint density at radius 1 is 0.800 bits per heavy atom. The van der Waals surface area contributed by atoms with Crippen molar-refractivity contribution < 1.29 is 67.6 Å². The van der Waals surface area contributed by atoms with Crippen LogP contribution in [0.15, 0.2) is 74.6 Å². The molecule has 0 saturated heterocycles. The van der Waals surface area contributed by atoms with E-state index in [4.69, 9.17) is 11.6 Å². The third-order valence-corrected chi connectivity index (χ3v) is 9.55. The maximum absolute atomic E-state index is 12.2. The largest absolute Gasteiger partial charge is 0.505 e. The second kappa shape index (κ2) is 14.2. The predicted molar refractivity (Wildman–Crippen MR) is 177 cm³/mol. The minimum absolute atomic E-state index is 0. The summed E-state index contributed by atoms with van der Waals surface area (Å²) in [5.41, 5.74) is -0.427. The minimum atomic E-state index is -4.79. The van der Waals surface area contributed by atoms with Crippen molar-refractivity contribution in [1.29, 1.82) is 0 Å². The van der Waals surface area contributed by atoms with Crippen LogP contribution in [0.25, 0.3) is 10.8 Å². The Balaban J connectivity index is 0.00000562. The molecule has 0 aliphatic heterocycles. The van der Waals surface area contributed by atoms with Crippen molar-refractivity contribution >= 4 is 90.2 Å². The molecule has 0 bridgehead atoms. The van der Waals surface area contributed by atoms with Gasteiger partial charge in [0, 0.05) is 28.1 Å². The molecule has 1 radical (unpaired) electrons. The van der Waals surface area contributed by atoms with Crippen molar-refractivity contribution in [1.82, 2.24) is 15.0 Å². The van der Waals surface area contributed by atoms with Gasteiger partial charge in [0.1, 0.15) is 17.2 Å². The van der Waals surface area contributed by atoms with Crippen LogP contribution in [0.2, 0.25) is 5.02 Å². The topological polar surface area (TPSA) is 294 Å². The number of rotatable bonds is 9. The normalized spacial score (nSPS) is 12.2. The van der Waals surface area contributed by atoms with E-state index >= 15 is 0 Å². The first-order valence-corrected chi connectivity index (χ1v) is 18.2. The summed E-state index contributed by atoms with van der Waals surface area (Å²) in [4.78, 5) is 30.3. The number of hydrogen-bond donors (Lipinski definition) is 8. The molecular formula is C27H23ClCuN7O11PS2. The SMILES string of the molecule is Cc1nc(Nc2cccc(P(=O)(O)O)c2)nc(Nc2cc(S(=O)(=O)O)cc3cc(C)c(N=Nc4cc(S(=O)(=O)O)cc(Cl)c4O)c(O)c23)n1.[Cu]. The fourth-order valence-corrected chi connectivity index (χ4v) is 6.43. The number of nitrogens with zero attached hydrogens (tertiary/aromatic N) is 5. The summed E-state index contributed by atoms with van der Waals surface area (Å²) in [6.45, 7) is 2.96. The number of phenolic OH excluding ortho intramolecular Hbond substituents is 2. The van der Waals surface area contributed by atoms with Gasteiger partial charge in [-0.1, -0.05) is 17.7 Å². The summed E-state index contributed by atoms with van der Waals surface area (Å²) in [7, 11) is -14.1. The van der Waals surface area contributed by atoms with Crippen LogP contribution in [0.3, 0.4) is 0 Å². The zero-order valence-electron chi connectivity index (χ0n) is 25.1. The van der Waals surface area contributed by atoms with Crippen molar-refractivity contribution in [3.63, 3.8) is 0 Å². The number of aryl methyl sites for hydroxylation is 2. The second-order valence-electron chi connectivity index (χ2n) is 10.3. The number of nitrogens with one attached hydrogen (secondary N) is 2. The van der Waals surface area contributed by atoms with E-state index in [1.165, 1.54) is 44.2 Å². The van der Waals surface area contributed by atoms with Gasteiger partial charge in [0.25, 0.3) is 20.2 Å². The molecule has 18 nitrogen and oxygen atoms in total. The van der Waals surface area contributed by atoms with Crippen molar-refractivity contribution in [3.8, 4) is 11.5 Å². The number of anilines is 4. The van der Waals surface area contributed by atoms with Crippen LogP contribution in [0.4, 0.5) is 34.6 Å². The summed E-state index contributed by atoms with van der Waals surface area (Å²) in [5, 5.41) is 34.3. The Morgan fingerprint density at radius 2 is 1.42 bits per heavy atom. The maximum atomic E-state index is 12.2. The smallest absolute Gasteiger partial charge is 0.356 e. The molecule has 5 rings (SSSR count). The summed E-state index contributed by atoms with van der Waals surface area (Å²) in [6.07, 6.45) is 0. The number of hydrogen-bond acceptors (Lipinski definition) is 14. The molecule has 4 aromatic carbocycles. The van der Waals surface area contributed by atoms with Crippen molar-refractivity contribution in [2.24, 2.45) is 10.2 Å². The van der Waals surface area contributed by atoms with E-state index in [1.807, 2.05) is 0 Å². The first-order valence-electron chi connectivity index (χ1n) is 13.3. The fraction of sp³-hybridized carbons (Fsp3) is 0.0741. The van der Waals surface area contributed by atoms with Crippen molar-refractivity contribution in [3.05, 3.63) is 71.0 Å². The molecule has 0 unspecified atom stereocenters. The maximum Gasteiger partial charge on any atom is 0.356 e. The first-order chi connectivity index (χ1) is 22.7. The predicted octanol–water partition coefficient (Wildman–Crippen LogP) is 4.90. The van der Waals surface area contributed by atoms with E-state index in [-0.39, 0.29) is 73.5 Å². The summed E-state index contributed by atoms with van der Waals surface area (Å²) < 4.78 is 78.6. The zero-order valence-corrected chi connectivity index (χ0v) is 29.3. The number of phenols is 2. The average Bonchev–Trinajstić information content (AvgIpc) is 2.97. The number of aromatic hydroxyl groups is 2. The molecule has 0 spiro atoms. The van der Waals surface area contributed by atoms with Crippen LogP contribution >= 0.6 is 19.2 Å². The Bertz CT molecular complexity index is 2490. The van der Waals surface area contributed by atoms with E-state index < -0.39 is 59.8 Å². The standard InChI is InChI=1S/C27H23ClN7O11PS2.Cu/c1-12-6-14-7-17(48(41,42)43)10-20(22(14)25(37)23(12)35-34-21-11-18(49(44,45)46)9-19(28)24(21)36)32-27-30-13(2)29-26(33-27)31-15-4-3-5-16(8-15)47(38,39)40;/h3-11,36-37H,1-2H3,(H2,38,39,40)(H,41,42,43)(H,44,45,46)(H2,29,30,31,32,33);. The summed E-state index contributed by atoms with van der Waals surface area (Å²) in [6, 6.07) is 10.4. The van der Waals surface area contributed by atoms with E-state index in [9.17, 15) is 50.5 Å². The van der Waals surface area contributed by atoms with Gasteiger partial charge in [-0.3, -0.25) is 13.7 Å². The third kappa shape index (κ3) is 8.53. The summed E-state index contributed by atoms with van der Waals surface area (Å²) in [5.74, 6) is -1.41. The van der Waals surface area contributed by atoms with Gasteiger partial charge in [0.05, 0.1) is 25.8 Å². The van der Waals surface area contributed by atoms with Crippen LogP contribution in [0.1, 0.15) is 11.4 Å². The van der Waals surface area contributed by atoms with Crippen LogP contribution in [0.5, 0.6) is 11.5 Å². The second-order valence-corrected chi connectivity index (χ2v) is 15.1. The minimum Gasteiger partial charge on any atom is -0.505 e. The Labute approximate surface area is 298 Å². The molecule has 0 aliphatic carbocycles. The number of benzene rings is 4. The van der Waals surface area contributed by atoms with Gasteiger partial charge in [0.15, 0.2) is 11.5 Å².